The van der Waals surface area contributed by atoms with Gasteiger partial charge in [-0.25, -0.2) is 0 Å². The molecular formula is C9H15NO. The van der Waals surface area contributed by atoms with E-state index in [-0.39, 0.29) is 0 Å². The highest BCUT2D eigenvalue weighted by Crippen LogP contribution is 2.14. The molecule has 2 atom stereocenters. The lowest BCUT2D eigenvalue weighted by Crippen LogP contribution is -2.37. The molecule has 0 aromatic rings. The van der Waals surface area contributed by atoms with Crippen LogP contribution in [0, 0.1) is 12.3 Å². The van der Waals surface area contributed by atoms with Crippen LogP contribution in [-0.2, 0) is 4.74 Å². The van der Waals surface area contributed by atoms with Crippen molar-refractivity contribution in [2.24, 2.45) is 0 Å². The van der Waals surface area contributed by atoms with Crippen molar-refractivity contribution in [3.63, 3.8) is 0 Å². The topological polar surface area (TPSA) is 21.3 Å². The Balaban J connectivity index is 2.18. The SMILES string of the molecule is C#CCNC(C)C1CCCO1. The summed E-state index contributed by atoms with van der Waals surface area (Å²) in [6, 6.07) is 0.397. The van der Waals surface area contributed by atoms with Gasteiger partial charge in [0.25, 0.3) is 0 Å². The highest BCUT2D eigenvalue weighted by molar-refractivity contribution is 4.89. The summed E-state index contributed by atoms with van der Waals surface area (Å²) in [6.07, 6.45) is 7.85. The van der Waals surface area contributed by atoms with Gasteiger partial charge in [0.1, 0.15) is 0 Å². The zero-order chi connectivity index (χ0) is 8.10. The lowest BCUT2D eigenvalue weighted by atomic mass is 10.1. The quantitative estimate of drug-likeness (QED) is 0.605. The fourth-order valence-corrected chi connectivity index (χ4v) is 1.35. The summed E-state index contributed by atoms with van der Waals surface area (Å²) in [5.41, 5.74) is 0. The standard InChI is InChI=1S/C9H15NO/c1-3-6-10-8(2)9-5-4-7-11-9/h1,8-10H,4-7H2,2H3. The Bertz CT molecular complexity index is 144. The molecule has 2 heteroatoms. The van der Waals surface area contributed by atoms with Crippen LogP contribution in [0.2, 0.25) is 0 Å². The van der Waals surface area contributed by atoms with Gasteiger partial charge in [0, 0.05) is 12.6 Å². The molecule has 0 bridgehead atoms. The first-order valence-electron chi connectivity index (χ1n) is 4.13. The minimum atomic E-state index is 0.378. The van der Waals surface area contributed by atoms with Gasteiger partial charge in [0.15, 0.2) is 0 Å². The third kappa shape index (κ3) is 2.53. The third-order valence-corrected chi connectivity index (χ3v) is 2.05. The monoisotopic (exact) mass is 153 g/mol. The molecule has 0 aliphatic carbocycles. The molecule has 1 aliphatic heterocycles. The molecule has 11 heavy (non-hydrogen) atoms. The molecule has 1 aliphatic rings. The Morgan fingerprint density at radius 2 is 2.64 bits per heavy atom. The van der Waals surface area contributed by atoms with Crippen molar-refractivity contribution >= 4 is 0 Å². The number of terminal acetylenes is 1. The van der Waals surface area contributed by atoms with Crippen LogP contribution in [0.5, 0.6) is 0 Å². The van der Waals surface area contributed by atoms with Crippen molar-refractivity contribution in [2.75, 3.05) is 13.2 Å². The number of hydrogen-bond donors (Lipinski definition) is 1. The van der Waals surface area contributed by atoms with Gasteiger partial charge in [-0.05, 0) is 19.8 Å². The van der Waals surface area contributed by atoms with E-state index in [9.17, 15) is 0 Å². The van der Waals surface area contributed by atoms with E-state index < -0.39 is 0 Å². The molecule has 0 amide bonds. The van der Waals surface area contributed by atoms with Crippen molar-refractivity contribution in [3.05, 3.63) is 0 Å². The molecule has 2 unspecified atom stereocenters. The van der Waals surface area contributed by atoms with E-state index in [1.165, 1.54) is 12.8 Å². The first kappa shape index (κ1) is 8.58. The van der Waals surface area contributed by atoms with E-state index >= 15 is 0 Å². The van der Waals surface area contributed by atoms with Gasteiger partial charge in [-0.1, -0.05) is 5.92 Å². The maximum atomic E-state index is 5.48. The summed E-state index contributed by atoms with van der Waals surface area (Å²) in [7, 11) is 0. The van der Waals surface area contributed by atoms with Gasteiger partial charge >= 0.3 is 0 Å². The van der Waals surface area contributed by atoms with Crippen molar-refractivity contribution in [2.45, 2.75) is 31.9 Å². The highest BCUT2D eigenvalue weighted by Gasteiger charge is 2.21. The number of nitrogens with one attached hydrogen (secondary N) is 1. The van der Waals surface area contributed by atoms with Gasteiger partial charge in [-0.2, -0.15) is 0 Å². The van der Waals surface area contributed by atoms with Crippen LogP contribution in [0.25, 0.3) is 0 Å². The summed E-state index contributed by atoms with van der Waals surface area (Å²) in [4.78, 5) is 0. The van der Waals surface area contributed by atoms with Crippen molar-refractivity contribution in [3.8, 4) is 12.3 Å². The van der Waals surface area contributed by atoms with E-state index in [0.29, 0.717) is 18.7 Å². The zero-order valence-corrected chi connectivity index (χ0v) is 6.97. The predicted octanol–water partition coefficient (Wildman–Crippen LogP) is 0.777. The smallest absolute Gasteiger partial charge is 0.0726 e. The Morgan fingerprint density at radius 3 is 3.18 bits per heavy atom. The van der Waals surface area contributed by atoms with Crippen LogP contribution in [0.15, 0.2) is 0 Å². The second kappa shape index (κ2) is 4.38. The highest BCUT2D eigenvalue weighted by atomic mass is 16.5. The third-order valence-electron chi connectivity index (χ3n) is 2.05. The minimum Gasteiger partial charge on any atom is -0.377 e. The fraction of sp³-hybridized carbons (Fsp3) is 0.778. The summed E-state index contributed by atoms with van der Waals surface area (Å²) in [5, 5.41) is 3.21. The van der Waals surface area contributed by atoms with Crippen LogP contribution in [0.4, 0.5) is 0 Å². The molecule has 0 aromatic heterocycles. The predicted molar refractivity (Wildman–Crippen MR) is 45.3 cm³/mol. The largest absolute Gasteiger partial charge is 0.377 e. The maximum Gasteiger partial charge on any atom is 0.0726 e. The van der Waals surface area contributed by atoms with Crippen molar-refractivity contribution in [1.29, 1.82) is 0 Å². The van der Waals surface area contributed by atoms with Crippen LogP contribution < -0.4 is 5.32 Å². The van der Waals surface area contributed by atoms with Gasteiger partial charge in [0.2, 0.25) is 0 Å². The van der Waals surface area contributed by atoms with E-state index in [1.54, 1.807) is 0 Å². The second-order valence-electron chi connectivity index (χ2n) is 2.93. The van der Waals surface area contributed by atoms with E-state index in [4.69, 9.17) is 11.2 Å². The average molecular weight is 153 g/mol. The van der Waals surface area contributed by atoms with Crippen LogP contribution in [0.3, 0.4) is 0 Å². The van der Waals surface area contributed by atoms with E-state index in [1.807, 2.05) is 0 Å². The molecule has 1 heterocycles. The molecule has 0 spiro atoms. The maximum absolute atomic E-state index is 5.48. The van der Waals surface area contributed by atoms with Gasteiger partial charge < -0.3 is 10.1 Å². The molecular weight excluding hydrogens is 138 g/mol. The molecule has 2 nitrogen and oxygen atoms in total. The van der Waals surface area contributed by atoms with Gasteiger partial charge in [-0.3, -0.25) is 0 Å². The molecule has 1 fully saturated rings. The van der Waals surface area contributed by atoms with Gasteiger partial charge in [0.05, 0.1) is 12.6 Å². The number of rotatable bonds is 3. The summed E-state index contributed by atoms with van der Waals surface area (Å²) < 4.78 is 5.48. The molecule has 0 saturated carbocycles. The van der Waals surface area contributed by atoms with Crippen LogP contribution >= 0.6 is 0 Å². The zero-order valence-electron chi connectivity index (χ0n) is 6.97. The lowest BCUT2D eigenvalue weighted by Gasteiger charge is -2.18. The van der Waals surface area contributed by atoms with Gasteiger partial charge in [-0.15, -0.1) is 6.42 Å². The van der Waals surface area contributed by atoms with Crippen LogP contribution in [-0.4, -0.2) is 25.3 Å². The number of hydrogen-bond acceptors (Lipinski definition) is 2. The minimum absolute atomic E-state index is 0.378. The average Bonchev–Trinajstić information content (AvgIpc) is 2.52. The summed E-state index contributed by atoms with van der Waals surface area (Å²) >= 11 is 0. The van der Waals surface area contributed by atoms with E-state index in [0.717, 1.165) is 6.61 Å². The van der Waals surface area contributed by atoms with Crippen LogP contribution in [0.1, 0.15) is 19.8 Å². The lowest BCUT2D eigenvalue weighted by molar-refractivity contribution is 0.0850. The Labute approximate surface area is 68.3 Å². The Hall–Kier alpha value is -0.520. The normalized spacial score (nSPS) is 26.4. The van der Waals surface area contributed by atoms with Crippen molar-refractivity contribution in [1.82, 2.24) is 5.32 Å². The summed E-state index contributed by atoms with van der Waals surface area (Å²) in [6.45, 7) is 3.67. The Morgan fingerprint density at radius 1 is 1.82 bits per heavy atom. The Kier molecular flexibility index (Phi) is 3.41. The number of ether oxygens (including phenoxy) is 1. The molecule has 0 aromatic carbocycles. The fourth-order valence-electron chi connectivity index (χ4n) is 1.35. The molecule has 1 saturated heterocycles. The summed E-state index contributed by atoms with van der Waals surface area (Å²) in [5.74, 6) is 2.56. The van der Waals surface area contributed by atoms with E-state index in [2.05, 4.69) is 18.2 Å². The first-order chi connectivity index (χ1) is 5.34. The second-order valence-corrected chi connectivity index (χ2v) is 2.93. The molecule has 62 valence electrons. The molecule has 0 radical (unpaired) electrons. The molecule has 1 rings (SSSR count). The first-order valence-corrected chi connectivity index (χ1v) is 4.13. The molecule has 1 N–H and O–H groups in total. The van der Waals surface area contributed by atoms with Crippen molar-refractivity contribution < 1.29 is 4.74 Å².